The van der Waals surface area contributed by atoms with Crippen molar-refractivity contribution in [1.29, 1.82) is 0 Å². The summed E-state index contributed by atoms with van der Waals surface area (Å²) in [7, 11) is 0. The van der Waals surface area contributed by atoms with Crippen molar-refractivity contribution in [2.45, 2.75) is 25.1 Å². The molecular weight excluding hydrogens is 228 g/mol. The third-order valence-corrected chi connectivity index (χ3v) is 2.10. The lowest BCUT2D eigenvalue weighted by atomic mass is 10.1. The smallest absolute Gasteiger partial charge is 0.122 e. The van der Waals surface area contributed by atoms with Gasteiger partial charge in [0.15, 0.2) is 0 Å². The lowest BCUT2D eigenvalue weighted by Crippen LogP contribution is -2.01. The van der Waals surface area contributed by atoms with E-state index in [1.54, 1.807) is 0 Å². The van der Waals surface area contributed by atoms with Crippen LogP contribution in [0.4, 0.5) is 0 Å². The molecule has 0 aliphatic carbocycles. The zero-order chi connectivity index (χ0) is 9.68. The molecule has 2 heteroatoms. The lowest BCUT2D eigenvalue weighted by Gasteiger charge is -2.10. The van der Waals surface area contributed by atoms with Crippen molar-refractivity contribution < 1.29 is 4.74 Å². The van der Waals surface area contributed by atoms with E-state index in [2.05, 4.69) is 28.9 Å². The number of benzene rings is 1. The first-order valence-corrected chi connectivity index (χ1v) is 5.50. The van der Waals surface area contributed by atoms with Gasteiger partial charge < -0.3 is 4.74 Å². The highest BCUT2D eigenvalue weighted by Crippen LogP contribution is 2.21. The van der Waals surface area contributed by atoms with E-state index in [1.165, 1.54) is 5.56 Å². The molecule has 1 unspecified atom stereocenters. The SMILES string of the molecule is CCOc1ccccc1CC(C)Br. The Morgan fingerprint density at radius 3 is 2.69 bits per heavy atom. The minimum atomic E-state index is 0.495. The first-order chi connectivity index (χ1) is 6.24. The number of para-hydroxylation sites is 1. The molecule has 0 saturated carbocycles. The lowest BCUT2D eigenvalue weighted by molar-refractivity contribution is 0.336. The van der Waals surface area contributed by atoms with Crippen LogP contribution in [0.15, 0.2) is 24.3 Å². The highest BCUT2D eigenvalue weighted by Gasteiger charge is 2.04. The molecule has 0 aromatic heterocycles. The molecule has 0 aliphatic heterocycles. The molecule has 0 amide bonds. The summed E-state index contributed by atoms with van der Waals surface area (Å²) in [6.45, 7) is 4.88. The van der Waals surface area contributed by atoms with Crippen LogP contribution in [0.25, 0.3) is 0 Å². The Bertz CT molecular complexity index is 258. The normalized spacial score (nSPS) is 12.5. The zero-order valence-corrected chi connectivity index (χ0v) is 9.67. The Morgan fingerprint density at radius 1 is 1.38 bits per heavy atom. The molecule has 0 fully saturated rings. The van der Waals surface area contributed by atoms with Crippen molar-refractivity contribution in [2.75, 3.05) is 6.61 Å². The summed E-state index contributed by atoms with van der Waals surface area (Å²) < 4.78 is 5.52. The van der Waals surface area contributed by atoms with Gasteiger partial charge in [0, 0.05) is 4.83 Å². The first-order valence-electron chi connectivity index (χ1n) is 4.58. The van der Waals surface area contributed by atoms with E-state index in [0.29, 0.717) is 4.83 Å². The monoisotopic (exact) mass is 242 g/mol. The second-order valence-corrected chi connectivity index (χ2v) is 4.59. The van der Waals surface area contributed by atoms with E-state index >= 15 is 0 Å². The number of alkyl halides is 1. The fraction of sp³-hybridized carbons (Fsp3) is 0.455. The Kier molecular flexibility index (Phi) is 4.29. The molecule has 72 valence electrons. The van der Waals surface area contributed by atoms with Crippen LogP contribution in [-0.4, -0.2) is 11.4 Å². The maximum absolute atomic E-state index is 5.52. The highest BCUT2D eigenvalue weighted by molar-refractivity contribution is 9.09. The van der Waals surface area contributed by atoms with Gasteiger partial charge >= 0.3 is 0 Å². The van der Waals surface area contributed by atoms with E-state index < -0.39 is 0 Å². The maximum Gasteiger partial charge on any atom is 0.122 e. The molecule has 0 bridgehead atoms. The van der Waals surface area contributed by atoms with Crippen LogP contribution in [0, 0.1) is 0 Å². The fourth-order valence-corrected chi connectivity index (χ4v) is 1.62. The Morgan fingerprint density at radius 2 is 2.08 bits per heavy atom. The summed E-state index contributed by atoms with van der Waals surface area (Å²) in [6, 6.07) is 8.19. The summed E-state index contributed by atoms with van der Waals surface area (Å²) in [5.74, 6) is 1.01. The third-order valence-electron chi connectivity index (χ3n) is 1.77. The van der Waals surface area contributed by atoms with Crippen LogP contribution >= 0.6 is 15.9 Å². The second-order valence-electron chi connectivity index (χ2n) is 3.03. The van der Waals surface area contributed by atoms with Gasteiger partial charge in [0.25, 0.3) is 0 Å². The molecule has 0 N–H and O–H groups in total. The molecule has 0 heterocycles. The quantitative estimate of drug-likeness (QED) is 0.736. The van der Waals surface area contributed by atoms with Gasteiger partial charge in [0.2, 0.25) is 0 Å². The predicted molar refractivity (Wildman–Crippen MR) is 59.7 cm³/mol. The Balaban J connectivity index is 2.78. The summed E-state index contributed by atoms with van der Waals surface area (Å²) in [5, 5.41) is 0. The number of ether oxygens (including phenoxy) is 1. The van der Waals surface area contributed by atoms with Gasteiger partial charge in [-0.1, -0.05) is 41.1 Å². The number of halogens is 1. The van der Waals surface area contributed by atoms with Crippen LogP contribution in [0.2, 0.25) is 0 Å². The van der Waals surface area contributed by atoms with Crippen molar-refractivity contribution >= 4 is 15.9 Å². The minimum absolute atomic E-state index is 0.495. The van der Waals surface area contributed by atoms with Gasteiger partial charge in [0.05, 0.1) is 6.61 Å². The van der Waals surface area contributed by atoms with Crippen LogP contribution < -0.4 is 4.74 Å². The molecule has 0 radical (unpaired) electrons. The average Bonchev–Trinajstić information content (AvgIpc) is 2.08. The van der Waals surface area contributed by atoms with Gasteiger partial charge in [-0.2, -0.15) is 0 Å². The highest BCUT2D eigenvalue weighted by atomic mass is 79.9. The largest absolute Gasteiger partial charge is 0.494 e. The molecule has 1 aromatic carbocycles. The third kappa shape index (κ3) is 3.39. The zero-order valence-electron chi connectivity index (χ0n) is 8.09. The molecule has 1 nitrogen and oxygen atoms in total. The summed E-state index contributed by atoms with van der Waals surface area (Å²) in [6.07, 6.45) is 1.01. The van der Waals surface area contributed by atoms with Crippen molar-refractivity contribution in [2.24, 2.45) is 0 Å². The van der Waals surface area contributed by atoms with Crippen LogP contribution in [0.1, 0.15) is 19.4 Å². The standard InChI is InChI=1S/C11H15BrO/c1-3-13-11-7-5-4-6-10(11)8-9(2)12/h4-7,9H,3,8H2,1-2H3. The van der Waals surface area contributed by atoms with E-state index in [9.17, 15) is 0 Å². The number of hydrogen-bond donors (Lipinski definition) is 0. The molecule has 13 heavy (non-hydrogen) atoms. The topological polar surface area (TPSA) is 9.23 Å². The van der Waals surface area contributed by atoms with Gasteiger partial charge in [-0.15, -0.1) is 0 Å². The van der Waals surface area contributed by atoms with Crippen molar-refractivity contribution in [3.05, 3.63) is 29.8 Å². The van der Waals surface area contributed by atoms with Gasteiger partial charge in [0.1, 0.15) is 5.75 Å². The summed E-state index contributed by atoms with van der Waals surface area (Å²) in [4.78, 5) is 0.495. The minimum Gasteiger partial charge on any atom is -0.494 e. The Hall–Kier alpha value is -0.500. The van der Waals surface area contributed by atoms with Gasteiger partial charge in [-0.05, 0) is 25.0 Å². The number of rotatable bonds is 4. The molecule has 1 aromatic rings. The van der Waals surface area contributed by atoms with E-state index in [0.717, 1.165) is 18.8 Å². The average molecular weight is 243 g/mol. The van der Waals surface area contributed by atoms with Gasteiger partial charge in [-0.25, -0.2) is 0 Å². The van der Waals surface area contributed by atoms with Gasteiger partial charge in [-0.3, -0.25) is 0 Å². The van der Waals surface area contributed by atoms with E-state index in [4.69, 9.17) is 4.74 Å². The van der Waals surface area contributed by atoms with E-state index in [-0.39, 0.29) is 0 Å². The Labute approximate surface area is 88.2 Å². The van der Waals surface area contributed by atoms with Crippen molar-refractivity contribution in [3.8, 4) is 5.75 Å². The summed E-state index contributed by atoms with van der Waals surface area (Å²) in [5.41, 5.74) is 1.27. The second kappa shape index (κ2) is 5.28. The molecular formula is C11H15BrO. The molecule has 1 rings (SSSR count). The molecule has 0 saturated heterocycles. The number of hydrogen-bond acceptors (Lipinski definition) is 1. The van der Waals surface area contributed by atoms with E-state index in [1.807, 2.05) is 25.1 Å². The van der Waals surface area contributed by atoms with Crippen molar-refractivity contribution in [1.82, 2.24) is 0 Å². The molecule has 0 aliphatic rings. The first kappa shape index (κ1) is 10.6. The maximum atomic E-state index is 5.52. The van der Waals surface area contributed by atoms with Crippen LogP contribution in [0.5, 0.6) is 5.75 Å². The van der Waals surface area contributed by atoms with Crippen LogP contribution in [0.3, 0.4) is 0 Å². The fourth-order valence-electron chi connectivity index (χ4n) is 1.27. The summed E-state index contributed by atoms with van der Waals surface area (Å²) >= 11 is 3.54. The van der Waals surface area contributed by atoms with Crippen molar-refractivity contribution in [3.63, 3.8) is 0 Å². The predicted octanol–water partition coefficient (Wildman–Crippen LogP) is 3.41. The van der Waals surface area contributed by atoms with Crippen LogP contribution in [-0.2, 0) is 6.42 Å². The molecule has 1 atom stereocenters. The molecule has 0 spiro atoms.